The Morgan fingerprint density at radius 2 is 1.97 bits per heavy atom. The first-order chi connectivity index (χ1) is 14.6. The lowest BCUT2D eigenvalue weighted by atomic mass is 9.84. The van der Waals surface area contributed by atoms with Crippen LogP contribution in [0.1, 0.15) is 61.1 Å². The summed E-state index contributed by atoms with van der Waals surface area (Å²) in [6.07, 6.45) is 5.86. The SMILES string of the molecule is CCCCN(CC(=O)N1CCc2sccc2C1c1ccc(Cl)cc1)C(=O)C1CCC1. The van der Waals surface area contributed by atoms with E-state index in [0.29, 0.717) is 18.1 Å². The standard InChI is InChI=1S/C24H29ClN2O2S/c1-2-3-13-26(24(29)18-5-4-6-18)16-22(28)27-14-11-21-20(12-15-30-21)23(27)17-7-9-19(25)10-8-17/h7-10,12,15,18,23H,2-6,11,13-14,16H2,1H3. The number of amides is 2. The first kappa shape index (κ1) is 21.4. The number of rotatable bonds is 7. The van der Waals surface area contributed by atoms with E-state index in [1.807, 2.05) is 34.1 Å². The van der Waals surface area contributed by atoms with Crippen LogP contribution in [0.4, 0.5) is 0 Å². The minimum Gasteiger partial charge on any atom is -0.333 e. The summed E-state index contributed by atoms with van der Waals surface area (Å²) in [6.45, 7) is 3.64. The molecule has 2 heterocycles. The highest BCUT2D eigenvalue weighted by Gasteiger charge is 2.35. The third-order valence-electron chi connectivity index (χ3n) is 6.35. The van der Waals surface area contributed by atoms with Crippen molar-refractivity contribution in [1.82, 2.24) is 9.80 Å². The number of benzene rings is 1. The second kappa shape index (κ2) is 9.52. The number of hydrogen-bond donors (Lipinski definition) is 0. The lowest BCUT2D eigenvalue weighted by molar-refractivity contribution is -0.145. The number of thiophene rings is 1. The Hall–Kier alpha value is -1.85. The van der Waals surface area contributed by atoms with E-state index in [1.54, 1.807) is 11.3 Å². The number of nitrogens with zero attached hydrogens (tertiary/aromatic N) is 2. The molecule has 0 radical (unpaired) electrons. The van der Waals surface area contributed by atoms with Crippen LogP contribution < -0.4 is 0 Å². The largest absolute Gasteiger partial charge is 0.333 e. The fraction of sp³-hybridized carbons (Fsp3) is 0.500. The fourth-order valence-electron chi connectivity index (χ4n) is 4.37. The van der Waals surface area contributed by atoms with E-state index in [0.717, 1.165) is 44.1 Å². The highest BCUT2D eigenvalue weighted by molar-refractivity contribution is 7.10. The predicted molar refractivity (Wildman–Crippen MR) is 122 cm³/mol. The Balaban J connectivity index is 1.57. The van der Waals surface area contributed by atoms with Gasteiger partial charge in [0.05, 0.1) is 12.6 Å². The monoisotopic (exact) mass is 444 g/mol. The second-order valence-corrected chi connectivity index (χ2v) is 9.77. The fourth-order valence-corrected chi connectivity index (χ4v) is 5.40. The van der Waals surface area contributed by atoms with Crippen LogP contribution in [0.3, 0.4) is 0 Å². The zero-order valence-corrected chi connectivity index (χ0v) is 19.1. The molecular formula is C24H29ClN2O2S. The zero-order valence-electron chi connectivity index (χ0n) is 17.5. The van der Waals surface area contributed by atoms with Gasteiger partial charge in [-0.3, -0.25) is 9.59 Å². The van der Waals surface area contributed by atoms with E-state index in [4.69, 9.17) is 11.6 Å². The predicted octanol–water partition coefficient (Wildman–Crippen LogP) is 5.30. The molecule has 4 rings (SSSR count). The van der Waals surface area contributed by atoms with E-state index < -0.39 is 0 Å². The molecule has 0 N–H and O–H groups in total. The Morgan fingerprint density at radius 3 is 2.63 bits per heavy atom. The maximum Gasteiger partial charge on any atom is 0.242 e. The molecule has 0 bridgehead atoms. The molecule has 30 heavy (non-hydrogen) atoms. The van der Waals surface area contributed by atoms with E-state index in [9.17, 15) is 9.59 Å². The average Bonchev–Trinajstić information content (AvgIpc) is 3.18. The van der Waals surface area contributed by atoms with Crippen LogP contribution in [0.15, 0.2) is 35.7 Å². The van der Waals surface area contributed by atoms with Crippen LogP contribution in [-0.2, 0) is 16.0 Å². The summed E-state index contributed by atoms with van der Waals surface area (Å²) in [7, 11) is 0. The van der Waals surface area contributed by atoms with Gasteiger partial charge in [0.2, 0.25) is 11.8 Å². The topological polar surface area (TPSA) is 40.6 Å². The summed E-state index contributed by atoms with van der Waals surface area (Å²) < 4.78 is 0. The number of carbonyl (C=O) groups excluding carboxylic acids is 2. The van der Waals surface area contributed by atoms with Crippen LogP contribution in [0.5, 0.6) is 0 Å². The van der Waals surface area contributed by atoms with Crippen LogP contribution in [0, 0.1) is 5.92 Å². The molecule has 0 saturated heterocycles. The van der Waals surface area contributed by atoms with Gasteiger partial charge in [-0.1, -0.05) is 43.5 Å². The summed E-state index contributed by atoms with van der Waals surface area (Å²) in [5, 5.41) is 2.80. The van der Waals surface area contributed by atoms with Crippen molar-refractivity contribution in [1.29, 1.82) is 0 Å². The van der Waals surface area contributed by atoms with Crippen LogP contribution in [-0.4, -0.2) is 41.2 Å². The molecule has 1 saturated carbocycles. The third-order valence-corrected chi connectivity index (χ3v) is 7.59. The molecular weight excluding hydrogens is 416 g/mol. The van der Waals surface area contributed by atoms with E-state index in [-0.39, 0.29) is 30.3 Å². The summed E-state index contributed by atoms with van der Waals surface area (Å²) in [4.78, 5) is 31.6. The van der Waals surface area contributed by atoms with E-state index in [2.05, 4.69) is 18.4 Å². The van der Waals surface area contributed by atoms with Gasteiger partial charge in [0.25, 0.3) is 0 Å². The minimum atomic E-state index is -0.114. The Labute approximate surface area is 187 Å². The van der Waals surface area contributed by atoms with Crippen molar-refractivity contribution in [2.24, 2.45) is 5.92 Å². The normalized spacial score (nSPS) is 18.6. The van der Waals surface area contributed by atoms with Gasteiger partial charge in [-0.25, -0.2) is 0 Å². The Kier molecular flexibility index (Phi) is 6.79. The number of carbonyl (C=O) groups is 2. The molecule has 1 aromatic heterocycles. The molecule has 6 heteroatoms. The zero-order chi connectivity index (χ0) is 21.1. The van der Waals surface area contributed by atoms with Crippen LogP contribution in [0.25, 0.3) is 0 Å². The minimum absolute atomic E-state index is 0.0376. The lowest BCUT2D eigenvalue weighted by Gasteiger charge is -2.38. The van der Waals surface area contributed by atoms with Crippen molar-refractivity contribution in [2.45, 2.75) is 51.5 Å². The lowest BCUT2D eigenvalue weighted by Crippen LogP contribution is -2.48. The highest BCUT2D eigenvalue weighted by Crippen LogP contribution is 2.38. The van der Waals surface area contributed by atoms with E-state index >= 15 is 0 Å². The molecule has 2 amide bonds. The van der Waals surface area contributed by atoms with Crippen molar-refractivity contribution >= 4 is 34.8 Å². The van der Waals surface area contributed by atoms with Crippen molar-refractivity contribution in [3.63, 3.8) is 0 Å². The average molecular weight is 445 g/mol. The van der Waals surface area contributed by atoms with Crippen molar-refractivity contribution < 1.29 is 9.59 Å². The molecule has 1 aromatic carbocycles. The summed E-state index contributed by atoms with van der Waals surface area (Å²) in [6, 6.07) is 9.80. The van der Waals surface area contributed by atoms with Gasteiger partial charge in [-0.15, -0.1) is 11.3 Å². The number of hydrogen-bond acceptors (Lipinski definition) is 3. The molecule has 1 unspecified atom stereocenters. The molecule has 1 atom stereocenters. The van der Waals surface area contributed by atoms with E-state index in [1.165, 1.54) is 10.4 Å². The van der Waals surface area contributed by atoms with Gasteiger partial charge in [-0.05, 0) is 60.4 Å². The van der Waals surface area contributed by atoms with Gasteiger partial charge < -0.3 is 9.80 Å². The van der Waals surface area contributed by atoms with Gasteiger partial charge >= 0.3 is 0 Å². The van der Waals surface area contributed by atoms with Gasteiger partial charge in [-0.2, -0.15) is 0 Å². The first-order valence-electron chi connectivity index (χ1n) is 11.0. The first-order valence-corrected chi connectivity index (χ1v) is 12.2. The van der Waals surface area contributed by atoms with Gasteiger partial charge in [0.1, 0.15) is 0 Å². The van der Waals surface area contributed by atoms with Gasteiger partial charge in [0, 0.05) is 28.9 Å². The summed E-state index contributed by atoms with van der Waals surface area (Å²) >= 11 is 7.86. The van der Waals surface area contributed by atoms with Crippen molar-refractivity contribution in [3.05, 3.63) is 56.7 Å². The third kappa shape index (κ3) is 4.42. The van der Waals surface area contributed by atoms with Crippen molar-refractivity contribution in [2.75, 3.05) is 19.6 Å². The maximum absolute atomic E-state index is 13.5. The number of halogens is 1. The molecule has 2 aliphatic rings. The number of unbranched alkanes of at least 4 members (excludes halogenated alkanes) is 1. The smallest absolute Gasteiger partial charge is 0.242 e. The Morgan fingerprint density at radius 1 is 1.20 bits per heavy atom. The molecule has 2 aromatic rings. The van der Waals surface area contributed by atoms with Crippen LogP contribution in [0.2, 0.25) is 5.02 Å². The molecule has 1 aliphatic carbocycles. The Bertz CT molecular complexity index is 891. The van der Waals surface area contributed by atoms with Crippen LogP contribution >= 0.6 is 22.9 Å². The molecule has 1 aliphatic heterocycles. The molecule has 160 valence electrons. The maximum atomic E-state index is 13.5. The quantitative estimate of drug-likeness (QED) is 0.581. The molecule has 1 fully saturated rings. The summed E-state index contributed by atoms with van der Waals surface area (Å²) in [5.41, 5.74) is 2.27. The second-order valence-electron chi connectivity index (χ2n) is 8.33. The highest BCUT2D eigenvalue weighted by atomic mass is 35.5. The van der Waals surface area contributed by atoms with Crippen molar-refractivity contribution in [3.8, 4) is 0 Å². The number of fused-ring (bicyclic) bond motifs is 1. The summed E-state index contributed by atoms with van der Waals surface area (Å²) in [5.74, 6) is 0.321. The molecule has 0 spiro atoms. The molecule has 4 nitrogen and oxygen atoms in total. The van der Waals surface area contributed by atoms with Gasteiger partial charge in [0.15, 0.2) is 0 Å².